The number of rotatable bonds is 0. The number of hydrogen-bond donors (Lipinski definition) is 0. The van der Waals surface area contributed by atoms with Gasteiger partial charge >= 0.3 is 0 Å². The first-order chi connectivity index (χ1) is 10.8. The van der Waals surface area contributed by atoms with Crippen molar-refractivity contribution >= 4 is 11.4 Å². The van der Waals surface area contributed by atoms with Gasteiger partial charge in [-0.25, -0.2) is 0 Å². The molecule has 2 aromatic carbocycles. The van der Waals surface area contributed by atoms with Crippen molar-refractivity contribution in [2.24, 2.45) is 0 Å². The lowest BCUT2D eigenvalue weighted by Gasteiger charge is -2.29. The minimum absolute atomic E-state index is 0.0802. The lowest BCUT2D eigenvalue weighted by molar-refractivity contribution is -0.111. The molecule has 22 heavy (non-hydrogen) atoms. The van der Waals surface area contributed by atoms with Crippen molar-refractivity contribution in [2.45, 2.75) is 12.8 Å². The quantitative estimate of drug-likeness (QED) is 0.644. The second kappa shape index (κ2) is 4.96. The predicted octanol–water partition coefficient (Wildman–Crippen LogP) is 4.65. The molecule has 0 saturated heterocycles. The number of ketones is 1. The maximum Gasteiger partial charge on any atom is 0.186 e. The Morgan fingerprint density at radius 1 is 0.773 bits per heavy atom. The Morgan fingerprint density at radius 3 is 1.91 bits per heavy atom. The standard InChI is InChI=1S/C21H16O/c1-14-15-8-2-4-10-17(15)21(18-11-5-3-9-16(14)18)19-12-6-7-13-20(19)22/h2-14H,1H3. The highest BCUT2D eigenvalue weighted by Gasteiger charge is 2.28. The van der Waals surface area contributed by atoms with Gasteiger partial charge in [-0.15, -0.1) is 0 Å². The van der Waals surface area contributed by atoms with Gasteiger partial charge in [0.05, 0.1) is 0 Å². The molecule has 1 nitrogen and oxygen atoms in total. The van der Waals surface area contributed by atoms with Crippen LogP contribution in [0.15, 0.2) is 78.4 Å². The molecule has 0 unspecified atom stereocenters. The van der Waals surface area contributed by atoms with Crippen LogP contribution in [0.3, 0.4) is 0 Å². The zero-order valence-electron chi connectivity index (χ0n) is 12.4. The average molecular weight is 284 g/mol. The van der Waals surface area contributed by atoms with Crippen molar-refractivity contribution in [3.05, 3.63) is 101 Å². The van der Waals surface area contributed by atoms with Crippen LogP contribution in [0.1, 0.15) is 35.1 Å². The molecule has 0 N–H and O–H groups in total. The van der Waals surface area contributed by atoms with Gasteiger partial charge in [0.25, 0.3) is 0 Å². The summed E-state index contributed by atoms with van der Waals surface area (Å²) in [6, 6.07) is 16.8. The molecule has 0 atom stereocenters. The van der Waals surface area contributed by atoms with E-state index in [1.165, 1.54) is 22.3 Å². The van der Waals surface area contributed by atoms with E-state index in [0.717, 1.165) is 11.1 Å². The molecule has 0 bridgehead atoms. The van der Waals surface area contributed by atoms with Crippen molar-refractivity contribution in [1.82, 2.24) is 0 Å². The lowest BCUT2D eigenvalue weighted by atomic mass is 9.74. The summed E-state index contributed by atoms with van der Waals surface area (Å²) in [6.45, 7) is 2.23. The molecule has 0 aliphatic heterocycles. The number of carbonyl (C=O) groups excluding carboxylic acids is 1. The second-order valence-corrected chi connectivity index (χ2v) is 5.77. The molecular weight excluding hydrogens is 268 g/mol. The molecule has 2 aliphatic carbocycles. The largest absolute Gasteiger partial charge is 0.289 e. The van der Waals surface area contributed by atoms with Gasteiger partial charge in [0.2, 0.25) is 0 Å². The van der Waals surface area contributed by atoms with Crippen LogP contribution in [0.5, 0.6) is 0 Å². The van der Waals surface area contributed by atoms with Crippen molar-refractivity contribution in [3.63, 3.8) is 0 Å². The van der Waals surface area contributed by atoms with Gasteiger partial charge in [0.1, 0.15) is 0 Å². The first kappa shape index (κ1) is 13.0. The molecule has 2 aromatic rings. The topological polar surface area (TPSA) is 17.1 Å². The van der Waals surface area contributed by atoms with Gasteiger partial charge < -0.3 is 0 Å². The number of benzene rings is 2. The smallest absolute Gasteiger partial charge is 0.186 e. The van der Waals surface area contributed by atoms with Gasteiger partial charge in [0.15, 0.2) is 5.78 Å². The van der Waals surface area contributed by atoms with E-state index < -0.39 is 0 Å². The van der Waals surface area contributed by atoms with Crippen LogP contribution in [0, 0.1) is 0 Å². The third-order valence-corrected chi connectivity index (χ3v) is 4.55. The molecule has 2 aliphatic rings. The number of hydrogen-bond acceptors (Lipinski definition) is 1. The normalized spacial score (nSPS) is 19.1. The molecule has 0 amide bonds. The molecule has 0 radical (unpaired) electrons. The van der Waals surface area contributed by atoms with Gasteiger partial charge in [-0.2, -0.15) is 0 Å². The Bertz CT molecular complexity index is 815. The molecule has 4 rings (SSSR count). The molecule has 0 spiro atoms. The van der Waals surface area contributed by atoms with Crippen molar-refractivity contribution in [3.8, 4) is 0 Å². The van der Waals surface area contributed by atoms with E-state index in [1.54, 1.807) is 12.2 Å². The number of carbonyl (C=O) groups is 1. The molecule has 0 heterocycles. The Balaban J connectivity index is 2.10. The Hall–Kier alpha value is -2.67. The van der Waals surface area contributed by atoms with E-state index in [-0.39, 0.29) is 5.78 Å². The minimum atomic E-state index is 0.0802. The summed E-state index contributed by atoms with van der Waals surface area (Å²) in [7, 11) is 0. The van der Waals surface area contributed by atoms with E-state index in [4.69, 9.17) is 0 Å². The van der Waals surface area contributed by atoms with Gasteiger partial charge in [-0.05, 0) is 28.3 Å². The van der Waals surface area contributed by atoms with Crippen LogP contribution >= 0.6 is 0 Å². The van der Waals surface area contributed by atoms with Crippen LogP contribution in [-0.2, 0) is 4.79 Å². The van der Waals surface area contributed by atoms with E-state index in [9.17, 15) is 4.79 Å². The average Bonchev–Trinajstić information content (AvgIpc) is 2.57. The van der Waals surface area contributed by atoms with E-state index in [1.807, 2.05) is 24.3 Å². The van der Waals surface area contributed by atoms with Gasteiger partial charge in [-0.3, -0.25) is 4.79 Å². The van der Waals surface area contributed by atoms with E-state index >= 15 is 0 Å². The maximum atomic E-state index is 12.4. The Labute approximate surface area is 130 Å². The fourth-order valence-electron chi connectivity index (χ4n) is 3.48. The monoisotopic (exact) mass is 284 g/mol. The highest BCUT2D eigenvalue weighted by atomic mass is 16.1. The zero-order chi connectivity index (χ0) is 15.1. The van der Waals surface area contributed by atoms with Crippen molar-refractivity contribution < 1.29 is 4.79 Å². The van der Waals surface area contributed by atoms with Gasteiger partial charge in [-0.1, -0.05) is 73.7 Å². The maximum absolute atomic E-state index is 12.4. The fourth-order valence-corrected chi connectivity index (χ4v) is 3.48. The second-order valence-electron chi connectivity index (χ2n) is 5.77. The highest BCUT2D eigenvalue weighted by Crippen LogP contribution is 2.44. The lowest BCUT2D eigenvalue weighted by Crippen LogP contribution is -2.14. The summed E-state index contributed by atoms with van der Waals surface area (Å²) in [6.07, 6.45) is 7.31. The third-order valence-electron chi connectivity index (χ3n) is 4.55. The highest BCUT2D eigenvalue weighted by molar-refractivity contribution is 6.15. The number of allylic oxidation sites excluding steroid dienone is 5. The van der Waals surface area contributed by atoms with Crippen LogP contribution in [0.4, 0.5) is 0 Å². The third kappa shape index (κ3) is 1.82. The summed E-state index contributed by atoms with van der Waals surface area (Å²) >= 11 is 0. The van der Waals surface area contributed by atoms with Crippen LogP contribution < -0.4 is 0 Å². The summed E-state index contributed by atoms with van der Waals surface area (Å²) < 4.78 is 0. The summed E-state index contributed by atoms with van der Waals surface area (Å²) in [5, 5.41) is 0. The van der Waals surface area contributed by atoms with Gasteiger partial charge in [0, 0.05) is 17.1 Å². The zero-order valence-corrected chi connectivity index (χ0v) is 12.4. The van der Waals surface area contributed by atoms with Crippen molar-refractivity contribution in [2.75, 3.05) is 0 Å². The van der Waals surface area contributed by atoms with Crippen LogP contribution in [0.2, 0.25) is 0 Å². The molecule has 0 saturated carbocycles. The summed E-state index contributed by atoms with van der Waals surface area (Å²) in [4.78, 5) is 12.4. The Morgan fingerprint density at radius 2 is 1.32 bits per heavy atom. The molecule has 1 heteroatoms. The van der Waals surface area contributed by atoms with Crippen molar-refractivity contribution in [1.29, 1.82) is 0 Å². The summed E-state index contributed by atoms with van der Waals surface area (Å²) in [5.74, 6) is 0.423. The first-order valence-corrected chi connectivity index (χ1v) is 7.59. The van der Waals surface area contributed by atoms with E-state index in [2.05, 4.69) is 43.3 Å². The number of fused-ring (bicyclic) bond motifs is 2. The SMILES string of the molecule is CC1c2ccccc2C(=C2C=CC=CC2=O)c2ccccc21. The van der Waals surface area contributed by atoms with Crippen LogP contribution in [0.25, 0.3) is 5.57 Å². The van der Waals surface area contributed by atoms with Crippen LogP contribution in [-0.4, -0.2) is 5.78 Å². The molecule has 0 aromatic heterocycles. The molecule has 106 valence electrons. The minimum Gasteiger partial charge on any atom is -0.289 e. The predicted molar refractivity (Wildman–Crippen MR) is 89.7 cm³/mol. The van der Waals surface area contributed by atoms with E-state index in [0.29, 0.717) is 5.92 Å². The Kier molecular flexibility index (Phi) is 2.93. The molecule has 0 fully saturated rings. The summed E-state index contributed by atoms with van der Waals surface area (Å²) in [5.41, 5.74) is 6.79. The molecular formula is C21H16O. The first-order valence-electron chi connectivity index (χ1n) is 7.59. The fraction of sp³-hybridized carbons (Fsp3) is 0.0952.